The first-order chi connectivity index (χ1) is 9.58. The zero-order valence-corrected chi connectivity index (χ0v) is 12.7. The van der Waals surface area contributed by atoms with Crippen molar-refractivity contribution in [1.82, 2.24) is 4.98 Å². The zero-order valence-electron chi connectivity index (χ0n) is 11.1. The van der Waals surface area contributed by atoms with E-state index < -0.39 is 5.97 Å². The Hall–Kier alpha value is -1.62. The Morgan fingerprint density at radius 1 is 1.35 bits per heavy atom. The third-order valence-electron chi connectivity index (χ3n) is 3.96. The largest absolute Gasteiger partial charge is 0.481 e. The average molecular weight is 335 g/mol. The van der Waals surface area contributed by atoms with Crippen molar-refractivity contribution in [2.24, 2.45) is 11.8 Å². The average Bonchev–Trinajstić information content (AvgIpc) is 2.81. The van der Waals surface area contributed by atoms with Crippen LogP contribution in [-0.2, 0) is 4.79 Å². The van der Waals surface area contributed by atoms with Crippen molar-refractivity contribution in [3.05, 3.63) is 34.9 Å². The van der Waals surface area contributed by atoms with Gasteiger partial charge >= 0.3 is 5.97 Å². The molecule has 0 spiro atoms. The Balaban J connectivity index is 2.04. The van der Waals surface area contributed by atoms with Crippen LogP contribution in [0.1, 0.15) is 6.92 Å². The van der Waals surface area contributed by atoms with Crippen LogP contribution in [0.25, 0.3) is 10.8 Å². The molecular formula is C15H15BrN2O2. The summed E-state index contributed by atoms with van der Waals surface area (Å²) in [6.45, 7) is 3.24. The normalized spacial score (nSPS) is 22.4. The molecule has 2 heterocycles. The molecular weight excluding hydrogens is 320 g/mol. The van der Waals surface area contributed by atoms with E-state index in [-0.39, 0.29) is 11.8 Å². The molecule has 0 saturated carbocycles. The number of pyridine rings is 1. The van der Waals surface area contributed by atoms with Crippen LogP contribution in [0.5, 0.6) is 0 Å². The molecule has 20 heavy (non-hydrogen) atoms. The molecule has 1 aromatic carbocycles. The molecule has 0 bridgehead atoms. The number of carbonyl (C=O) groups is 1. The lowest BCUT2D eigenvalue weighted by Crippen LogP contribution is -2.23. The Morgan fingerprint density at radius 3 is 2.85 bits per heavy atom. The fourth-order valence-corrected chi connectivity index (χ4v) is 3.36. The van der Waals surface area contributed by atoms with Crippen molar-refractivity contribution < 1.29 is 9.90 Å². The molecule has 1 aliphatic rings. The van der Waals surface area contributed by atoms with E-state index in [9.17, 15) is 9.90 Å². The first kappa shape index (κ1) is 13.4. The Morgan fingerprint density at radius 2 is 2.15 bits per heavy atom. The summed E-state index contributed by atoms with van der Waals surface area (Å²) >= 11 is 3.55. The number of aliphatic carboxylic acids is 1. The third-order valence-corrected chi connectivity index (χ3v) is 4.65. The number of carboxylic acid groups (broad SMARTS) is 1. The molecule has 104 valence electrons. The van der Waals surface area contributed by atoms with Gasteiger partial charge in [0.05, 0.1) is 5.92 Å². The van der Waals surface area contributed by atoms with Gasteiger partial charge in [0.15, 0.2) is 0 Å². The summed E-state index contributed by atoms with van der Waals surface area (Å²) in [5, 5.41) is 11.4. The highest BCUT2D eigenvalue weighted by Gasteiger charge is 2.35. The molecule has 1 aliphatic heterocycles. The molecule has 2 atom stereocenters. The molecule has 1 N–H and O–H groups in total. The number of carboxylic acids is 1. The van der Waals surface area contributed by atoms with E-state index >= 15 is 0 Å². The molecule has 4 nitrogen and oxygen atoms in total. The summed E-state index contributed by atoms with van der Waals surface area (Å²) in [6, 6.07) is 7.98. The molecule has 1 saturated heterocycles. The minimum atomic E-state index is -0.721. The van der Waals surface area contributed by atoms with Crippen LogP contribution >= 0.6 is 15.9 Å². The molecule has 5 heteroatoms. The SMILES string of the molecule is C[C@@H]1CN(c2nccc3c(Br)cccc23)C[C@H]1C(=O)O. The number of rotatable bonds is 2. The van der Waals surface area contributed by atoms with Crippen LogP contribution < -0.4 is 4.90 Å². The van der Waals surface area contributed by atoms with Gasteiger partial charge in [-0.25, -0.2) is 4.98 Å². The topological polar surface area (TPSA) is 53.4 Å². The van der Waals surface area contributed by atoms with Crippen LogP contribution in [-0.4, -0.2) is 29.1 Å². The van der Waals surface area contributed by atoms with Crippen LogP contribution in [0, 0.1) is 11.8 Å². The van der Waals surface area contributed by atoms with Crippen molar-refractivity contribution in [1.29, 1.82) is 0 Å². The number of fused-ring (bicyclic) bond motifs is 1. The van der Waals surface area contributed by atoms with Gasteiger partial charge in [-0.1, -0.05) is 35.0 Å². The van der Waals surface area contributed by atoms with E-state index in [0.29, 0.717) is 6.54 Å². The van der Waals surface area contributed by atoms with Gasteiger partial charge in [-0.3, -0.25) is 4.79 Å². The van der Waals surface area contributed by atoms with E-state index in [1.807, 2.05) is 31.2 Å². The summed E-state index contributed by atoms with van der Waals surface area (Å²) < 4.78 is 1.03. The maximum absolute atomic E-state index is 11.3. The van der Waals surface area contributed by atoms with E-state index in [2.05, 4.69) is 25.8 Å². The van der Waals surface area contributed by atoms with Gasteiger partial charge in [0.25, 0.3) is 0 Å². The molecule has 3 rings (SSSR count). The Labute approximate surface area is 125 Å². The molecule has 0 amide bonds. The summed E-state index contributed by atoms with van der Waals surface area (Å²) in [5.74, 6) is -0.0308. The molecule has 0 aliphatic carbocycles. The van der Waals surface area contributed by atoms with Gasteiger partial charge < -0.3 is 10.0 Å². The first-order valence-corrected chi connectivity index (χ1v) is 7.38. The smallest absolute Gasteiger partial charge is 0.308 e. The van der Waals surface area contributed by atoms with Gasteiger partial charge in [-0.15, -0.1) is 0 Å². The Kier molecular flexibility index (Phi) is 3.38. The van der Waals surface area contributed by atoms with Gasteiger partial charge in [0, 0.05) is 34.5 Å². The highest BCUT2D eigenvalue weighted by Crippen LogP contribution is 2.33. The summed E-state index contributed by atoms with van der Waals surface area (Å²) in [5.41, 5.74) is 0. The fraction of sp³-hybridized carbons (Fsp3) is 0.333. The molecule has 1 fully saturated rings. The fourth-order valence-electron chi connectivity index (χ4n) is 2.87. The number of hydrogen-bond donors (Lipinski definition) is 1. The monoisotopic (exact) mass is 334 g/mol. The quantitative estimate of drug-likeness (QED) is 0.916. The number of aromatic nitrogens is 1. The minimum Gasteiger partial charge on any atom is -0.481 e. The Bertz CT molecular complexity index is 674. The number of hydrogen-bond acceptors (Lipinski definition) is 3. The van der Waals surface area contributed by atoms with Crippen molar-refractivity contribution in [3.8, 4) is 0 Å². The van der Waals surface area contributed by atoms with E-state index in [1.165, 1.54) is 0 Å². The molecule has 1 aromatic heterocycles. The predicted octanol–water partition coefficient (Wildman–Crippen LogP) is 3.15. The van der Waals surface area contributed by atoms with Crippen molar-refractivity contribution in [2.45, 2.75) is 6.92 Å². The summed E-state index contributed by atoms with van der Waals surface area (Å²) in [4.78, 5) is 17.8. The van der Waals surface area contributed by atoms with Crippen LogP contribution in [0.2, 0.25) is 0 Å². The van der Waals surface area contributed by atoms with Crippen molar-refractivity contribution in [3.63, 3.8) is 0 Å². The lowest BCUT2D eigenvalue weighted by Gasteiger charge is -2.19. The molecule has 0 unspecified atom stereocenters. The van der Waals surface area contributed by atoms with Crippen molar-refractivity contribution >= 4 is 38.5 Å². The second kappa shape index (κ2) is 5.05. The second-order valence-corrected chi connectivity index (χ2v) is 6.15. The lowest BCUT2D eigenvalue weighted by molar-refractivity contribution is -0.142. The van der Waals surface area contributed by atoms with Gasteiger partial charge in [0.1, 0.15) is 5.82 Å². The standard InChI is InChI=1S/C15H15BrN2O2/c1-9-7-18(8-12(9)15(19)20)14-11-3-2-4-13(16)10(11)5-6-17-14/h2-6,9,12H,7-8H2,1H3,(H,19,20)/t9-,12-/m1/s1. The highest BCUT2D eigenvalue weighted by molar-refractivity contribution is 9.10. The summed E-state index contributed by atoms with van der Waals surface area (Å²) in [6.07, 6.45) is 1.78. The number of nitrogens with zero attached hydrogens (tertiary/aromatic N) is 2. The first-order valence-electron chi connectivity index (χ1n) is 6.59. The molecule has 0 radical (unpaired) electrons. The summed E-state index contributed by atoms with van der Waals surface area (Å²) in [7, 11) is 0. The minimum absolute atomic E-state index is 0.136. The third kappa shape index (κ3) is 2.16. The van der Waals surface area contributed by atoms with E-state index in [4.69, 9.17) is 0 Å². The van der Waals surface area contributed by atoms with Crippen LogP contribution in [0.4, 0.5) is 5.82 Å². The molecule has 2 aromatic rings. The predicted molar refractivity (Wildman–Crippen MR) is 81.9 cm³/mol. The van der Waals surface area contributed by atoms with E-state index in [0.717, 1.165) is 27.6 Å². The van der Waals surface area contributed by atoms with Crippen molar-refractivity contribution in [2.75, 3.05) is 18.0 Å². The van der Waals surface area contributed by atoms with E-state index in [1.54, 1.807) is 6.20 Å². The second-order valence-electron chi connectivity index (χ2n) is 5.30. The highest BCUT2D eigenvalue weighted by atomic mass is 79.9. The lowest BCUT2D eigenvalue weighted by atomic mass is 9.99. The van der Waals surface area contributed by atoms with Crippen LogP contribution in [0.3, 0.4) is 0 Å². The number of halogens is 1. The maximum atomic E-state index is 11.3. The number of anilines is 1. The van der Waals surface area contributed by atoms with Gasteiger partial charge in [0.2, 0.25) is 0 Å². The zero-order chi connectivity index (χ0) is 14.3. The maximum Gasteiger partial charge on any atom is 0.308 e. The van der Waals surface area contributed by atoms with Gasteiger partial charge in [-0.05, 0) is 18.1 Å². The number of benzene rings is 1. The van der Waals surface area contributed by atoms with Gasteiger partial charge in [-0.2, -0.15) is 0 Å². The van der Waals surface area contributed by atoms with Crippen LogP contribution in [0.15, 0.2) is 34.9 Å².